The van der Waals surface area contributed by atoms with E-state index in [2.05, 4.69) is 5.32 Å². The van der Waals surface area contributed by atoms with Crippen molar-refractivity contribution in [2.24, 2.45) is 5.73 Å². The van der Waals surface area contributed by atoms with E-state index in [0.29, 0.717) is 6.07 Å². The van der Waals surface area contributed by atoms with Gasteiger partial charge in [-0.3, -0.25) is 9.59 Å². The molecule has 0 aliphatic carbocycles. The van der Waals surface area contributed by atoms with Crippen LogP contribution in [0.4, 0.5) is 17.6 Å². The van der Waals surface area contributed by atoms with Gasteiger partial charge in [-0.05, 0) is 42.3 Å². The second-order valence-electron chi connectivity index (χ2n) is 5.73. The van der Waals surface area contributed by atoms with Crippen molar-refractivity contribution in [3.8, 4) is 5.75 Å². The average molecular weight is 384 g/mol. The third-order valence-electron chi connectivity index (χ3n) is 3.61. The Morgan fingerprint density at radius 1 is 1.15 bits per heavy atom. The fourth-order valence-corrected chi connectivity index (χ4v) is 2.31. The number of amides is 2. The number of rotatable bonds is 6. The number of primary amides is 1. The Labute approximate surface area is 152 Å². The molecule has 0 saturated carbocycles. The SMILES string of the molecule is Cc1ccc(C(N)=O)c(OCC(=O)NCc2ccc(F)cc2C(F)(F)F)c1. The maximum atomic E-state index is 13.1. The predicted molar refractivity (Wildman–Crippen MR) is 88.4 cm³/mol. The van der Waals surface area contributed by atoms with Crippen LogP contribution in [0.3, 0.4) is 0 Å². The Kier molecular flexibility index (Phi) is 6.04. The van der Waals surface area contributed by atoms with Crippen LogP contribution in [0.1, 0.15) is 27.0 Å². The molecule has 0 aliphatic heterocycles. The van der Waals surface area contributed by atoms with E-state index in [9.17, 15) is 27.2 Å². The van der Waals surface area contributed by atoms with E-state index in [0.717, 1.165) is 17.7 Å². The van der Waals surface area contributed by atoms with Crippen LogP contribution < -0.4 is 15.8 Å². The van der Waals surface area contributed by atoms with Gasteiger partial charge in [0.1, 0.15) is 11.6 Å². The van der Waals surface area contributed by atoms with Crippen molar-refractivity contribution in [3.05, 3.63) is 64.5 Å². The summed E-state index contributed by atoms with van der Waals surface area (Å²) in [7, 11) is 0. The van der Waals surface area contributed by atoms with Gasteiger partial charge in [-0.25, -0.2) is 4.39 Å². The van der Waals surface area contributed by atoms with Crippen molar-refractivity contribution in [1.82, 2.24) is 5.32 Å². The summed E-state index contributed by atoms with van der Waals surface area (Å²) in [6, 6.07) is 6.78. The maximum absolute atomic E-state index is 13.1. The highest BCUT2D eigenvalue weighted by Gasteiger charge is 2.33. The monoisotopic (exact) mass is 384 g/mol. The van der Waals surface area contributed by atoms with Gasteiger partial charge in [0.05, 0.1) is 11.1 Å². The van der Waals surface area contributed by atoms with Crippen molar-refractivity contribution < 1.29 is 31.9 Å². The first-order chi connectivity index (χ1) is 12.6. The number of carbonyl (C=O) groups is 2. The van der Waals surface area contributed by atoms with Crippen molar-refractivity contribution in [2.45, 2.75) is 19.6 Å². The molecule has 0 atom stereocenters. The van der Waals surface area contributed by atoms with Crippen LogP contribution in [-0.2, 0) is 17.5 Å². The molecule has 0 spiro atoms. The van der Waals surface area contributed by atoms with Crippen LogP contribution in [0.5, 0.6) is 5.75 Å². The Morgan fingerprint density at radius 3 is 2.48 bits per heavy atom. The number of halogens is 4. The molecule has 27 heavy (non-hydrogen) atoms. The Bertz CT molecular complexity index is 866. The second-order valence-corrected chi connectivity index (χ2v) is 5.73. The third kappa shape index (κ3) is 5.44. The largest absolute Gasteiger partial charge is 0.483 e. The number of alkyl halides is 3. The standard InChI is InChI=1S/C18H16F4N2O3/c1-10-2-5-13(17(23)26)15(6-10)27-9-16(25)24-8-11-3-4-12(19)7-14(11)18(20,21)22/h2-7H,8-9H2,1H3,(H2,23,26)(H,24,25). The second kappa shape index (κ2) is 8.07. The number of aryl methyl sites for hydroxylation is 1. The number of hydrogen-bond donors (Lipinski definition) is 2. The minimum Gasteiger partial charge on any atom is -0.483 e. The first-order valence-electron chi connectivity index (χ1n) is 7.73. The molecular weight excluding hydrogens is 368 g/mol. The van der Waals surface area contributed by atoms with Gasteiger partial charge in [-0.1, -0.05) is 12.1 Å². The number of ether oxygens (including phenoxy) is 1. The predicted octanol–water partition coefficient (Wildman–Crippen LogP) is 2.95. The van der Waals surface area contributed by atoms with Gasteiger partial charge in [0.25, 0.3) is 11.8 Å². The molecule has 5 nitrogen and oxygen atoms in total. The summed E-state index contributed by atoms with van der Waals surface area (Å²) in [5, 5.41) is 2.26. The summed E-state index contributed by atoms with van der Waals surface area (Å²) >= 11 is 0. The zero-order valence-electron chi connectivity index (χ0n) is 14.2. The summed E-state index contributed by atoms with van der Waals surface area (Å²) < 4.78 is 57.1. The quantitative estimate of drug-likeness (QED) is 0.752. The Morgan fingerprint density at radius 2 is 1.85 bits per heavy atom. The number of nitrogens with one attached hydrogen (secondary N) is 1. The molecule has 2 aromatic rings. The first kappa shape index (κ1) is 20.2. The summed E-state index contributed by atoms with van der Waals surface area (Å²) in [6.07, 6.45) is -4.75. The van der Waals surface area contributed by atoms with Crippen LogP contribution in [0.15, 0.2) is 36.4 Å². The van der Waals surface area contributed by atoms with E-state index < -0.39 is 42.5 Å². The summed E-state index contributed by atoms with van der Waals surface area (Å²) in [4.78, 5) is 23.2. The smallest absolute Gasteiger partial charge is 0.416 e. The lowest BCUT2D eigenvalue weighted by Crippen LogP contribution is -2.29. The third-order valence-corrected chi connectivity index (χ3v) is 3.61. The fraction of sp³-hybridized carbons (Fsp3) is 0.222. The van der Waals surface area contributed by atoms with E-state index in [1.54, 1.807) is 13.0 Å². The van der Waals surface area contributed by atoms with Gasteiger partial charge in [0.2, 0.25) is 0 Å². The minimum atomic E-state index is -4.75. The number of benzene rings is 2. The molecule has 3 N–H and O–H groups in total. The lowest BCUT2D eigenvalue weighted by molar-refractivity contribution is -0.138. The van der Waals surface area contributed by atoms with Crippen LogP contribution in [0.2, 0.25) is 0 Å². The van der Waals surface area contributed by atoms with E-state index in [-0.39, 0.29) is 16.9 Å². The van der Waals surface area contributed by atoms with E-state index >= 15 is 0 Å². The molecule has 9 heteroatoms. The normalized spacial score (nSPS) is 11.1. The molecule has 0 bridgehead atoms. The Balaban J connectivity index is 2.03. The van der Waals surface area contributed by atoms with Gasteiger partial charge in [0.15, 0.2) is 6.61 Å². The molecule has 0 saturated heterocycles. The van der Waals surface area contributed by atoms with E-state index in [4.69, 9.17) is 10.5 Å². The molecule has 0 fully saturated rings. The molecule has 144 valence electrons. The maximum Gasteiger partial charge on any atom is 0.416 e. The van der Waals surface area contributed by atoms with Crippen LogP contribution in [0.25, 0.3) is 0 Å². The lowest BCUT2D eigenvalue weighted by Gasteiger charge is -2.14. The molecule has 2 rings (SSSR count). The molecule has 0 aliphatic rings. The number of carbonyl (C=O) groups excluding carboxylic acids is 2. The molecule has 2 aromatic carbocycles. The highest BCUT2D eigenvalue weighted by Crippen LogP contribution is 2.32. The van der Waals surface area contributed by atoms with Gasteiger partial charge in [-0.2, -0.15) is 13.2 Å². The zero-order chi connectivity index (χ0) is 20.2. The molecular formula is C18H16F4N2O3. The summed E-state index contributed by atoms with van der Waals surface area (Å²) in [6.45, 7) is 0.741. The van der Waals surface area contributed by atoms with Crippen molar-refractivity contribution in [2.75, 3.05) is 6.61 Å². The van der Waals surface area contributed by atoms with Crippen LogP contribution >= 0.6 is 0 Å². The molecule has 2 amide bonds. The topological polar surface area (TPSA) is 81.4 Å². The van der Waals surface area contributed by atoms with Crippen molar-refractivity contribution >= 4 is 11.8 Å². The summed E-state index contributed by atoms with van der Waals surface area (Å²) in [5.41, 5.74) is 4.60. The average Bonchev–Trinajstić information content (AvgIpc) is 2.57. The van der Waals surface area contributed by atoms with Gasteiger partial charge in [0, 0.05) is 6.54 Å². The fourth-order valence-electron chi connectivity index (χ4n) is 2.31. The first-order valence-corrected chi connectivity index (χ1v) is 7.73. The van der Waals surface area contributed by atoms with Crippen molar-refractivity contribution in [1.29, 1.82) is 0 Å². The minimum absolute atomic E-state index is 0.0753. The zero-order valence-corrected chi connectivity index (χ0v) is 14.2. The molecule has 0 aromatic heterocycles. The highest BCUT2D eigenvalue weighted by atomic mass is 19.4. The lowest BCUT2D eigenvalue weighted by atomic mass is 10.1. The summed E-state index contributed by atoms with van der Waals surface area (Å²) in [5.74, 6) is -2.40. The van der Waals surface area contributed by atoms with E-state index in [1.165, 1.54) is 12.1 Å². The van der Waals surface area contributed by atoms with Gasteiger partial charge in [-0.15, -0.1) is 0 Å². The van der Waals surface area contributed by atoms with Crippen molar-refractivity contribution in [3.63, 3.8) is 0 Å². The van der Waals surface area contributed by atoms with Gasteiger partial charge >= 0.3 is 6.18 Å². The molecule has 0 radical (unpaired) electrons. The van der Waals surface area contributed by atoms with Crippen LogP contribution in [0, 0.1) is 12.7 Å². The van der Waals surface area contributed by atoms with Gasteiger partial charge < -0.3 is 15.8 Å². The molecule has 0 heterocycles. The number of nitrogens with two attached hydrogens (primary N) is 1. The molecule has 0 unspecified atom stereocenters. The van der Waals surface area contributed by atoms with Crippen LogP contribution in [-0.4, -0.2) is 18.4 Å². The Hall–Kier alpha value is -3.10. The van der Waals surface area contributed by atoms with E-state index in [1.807, 2.05) is 0 Å². The number of hydrogen-bond acceptors (Lipinski definition) is 3. The highest BCUT2D eigenvalue weighted by molar-refractivity contribution is 5.95.